The van der Waals surface area contributed by atoms with Crippen LogP contribution in [0.5, 0.6) is 0 Å². The van der Waals surface area contributed by atoms with Crippen LogP contribution in [0.15, 0.2) is 23.5 Å². The highest BCUT2D eigenvalue weighted by molar-refractivity contribution is 5.90. The van der Waals surface area contributed by atoms with E-state index in [-0.39, 0.29) is 11.3 Å². The van der Waals surface area contributed by atoms with Gasteiger partial charge in [-0.2, -0.15) is 4.52 Å². The average Bonchev–Trinajstić information content (AvgIpc) is 3.04. The summed E-state index contributed by atoms with van der Waals surface area (Å²) in [5.41, 5.74) is 7.68. The van der Waals surface area contributed by atoms with Gasteiger partial charge in [-0.1, -0.05) is 6.92 Å². The van der Waals surface area contributed by atoms with Gasteiger partial charge in [0.2, 0.25) is 0 Å². The van der Waals surface area contributed by atoms with Crippen molar-refractivity contribution < 1.29 is 4.79 Å². The van der Waals surface area contributed by atoms with E-state index in [4.69, 9.17) is 5.73 Å². The number of rotatable bonds is 3. The highest BCUT2D eigenvalue weighted by Crippen LogP contribution is 2.14. The highest BCUT2D eigenvalue weighted by Gasteiger charge is 2.14. The molecule has 21 heavy (non-hydrogen) atoms. The molecular formula is C13H14N6O2. The Morgan fingerprint density at radius 3 is 2.86 bits per heavy atom. The fourth-order valence-corrected chi connectivity index (χ4v) is 2.32. The molecule has 0 aliphatic heterocycles. The summed E-state index contributed by atoms with van der Waals surface area (Å²) in [7, 11) is 0. The van der Waals surface area contributed by atoms with Crippen LogP contribution < -0.4 is 11.3 Å². The van der Waals surface area contributed by atoms with Crippen LogP contribution in [-0.4, -0.2) is 30.1 Å². The maximum Gasteiger partial charge on any atom is 0.276 e. The summed E-state index contributed by atoms with van der Waals surface area (Å²) in [4.78, 5) is 31.8. The van der Waals surface area contributed by atoms with E-state index in [1.807, 2.05) is 6.92 Å². The number of primary amides is 1. The van der Waals surface area contributed by atoms with Gasteiger partial charge in [-0.05, 0) is 13.3 Å². The van der Waals surface area contributed by atoms with Crippen LogP contribution in [0.4, 0.5) is 0 Å². The number of aryl methyl sites for hydroxylation is 1. The van der Waals surface area contributed by atoms with E-state index in [9.17, 15) is 9.59 Å². The van der Waals surface area contributed by atoms with E-state index in [1.54, 1.807) is 17.7 Å². The number of nitrogens with two attached hydrogens (primary N) is 1. The maximum atomic E-state index is 12.3. The van der Waals surface area contributed by atoms with Crippen LogP contribution in [-0.2, 0) is 6.42 Å². The zero-order valence-electron chi connectivity index (χ0n) is 11.6. The number of carbonyl (C=O) groups is 1. The van der Waals surface area contributed by atoms with E-state index < -0.39 is 5.91 Å². The fraction of sp³-hybridized carbons (Fsp3) is 0.231. The average molecular weight is 286 g/mol. The summed E-state index contributed by atoms with van der Waals surface area (Å²) in [6, 6.07) is 0. The second-order valence-electron chi connectivity index (χ2n) is 4.68. The zero-order valence-corrected chi connectivity index (χ0v) is 11.6. The molecule has 108 valence electrons. The third-order valence-electron chi connectivity index (χ3n) is 3.41. The van der Waals surface area contributed by atoms with Gasteiger partial charge in [0.05, 0.1) is 0 Å². The molecule has 0 radical (unpaired) electrons. The molecule has 0 aliphatic carbocycles. The van der Waals surface area contributed by atoms with Crippen molar-refractivity contribution >= 4 is 11.6 Å². The predicted octanol–water partition coefficient (Wildman–Crippen LogP) is 0.178. The molecule has 8 heteroatoms. The van der Waals surface area contributed by atoms with Gasteiger partial charge in [-0.25, -0.2) is 9.97 Å². The number of hydrogen-bond acceptors (Lipinski definition) is 4. The van der Waals surface area contributed by atoms with Crippen molar-refractivity contribution in [2.45, 2.75) is 20.3 Å². The molecule has 3 rings (SSSR count). The number of amides is 1. The minimum absolute atomic E-state index is 0.124. The summed E-state index contributed by atoms with van der Waals surface area (Å²) in [5, 5.41) is 2.87. The molecule has 0 aromatic carbocycles. The molecular weight excluding hydrogens is 272 g/mol. The monoisotopic (exact) mass is 286 g/mol. The Morgan fingerprint density at radius 2 is 2.24 bits per heavy atom. The topological polar surface area (TPSA) is 111 Å². The number of aromatic nitrogens is 5. The Kier molecular flexibility index (Phi) is 2.86. The van der Waals surface area contributed by atoms with Crippen molar-refractivity contribution in [3.63, 3.8) is 0 Å². The summed E-state index contributed by atoms with van der Waals surface area (Å²) in [6.07, 6.45) is 5.21. The van der Waals surface area contributed by atoms with Crippen LogP contribution >= 0.6 is 0 Å². The lowest BCUT2D eigenvalue weighted by Gasteiger charge is -2.04. The van der Waals surface area contributed by atoms with Gasteiger partial charge >= 0.3 is 0 Å². The van der Waals surface area contributed by atoms with Gasteiger partial charge in [0.25, 0.3) is 11.5 Å². The Balaban J connectivity index is 2.25. The summed E-state index contributed by atoms with van der Waals surface area (Å²) in [5.74, 6) is -0.608. The molecule has 0 saturated heterocycles. The molecule has 3 aromatic rings. The molecule has 8 nitrogen and oxygen atoms in total. The number of hydrogen-bond donors (Lipinski definition) is 2. The molecule has 0 unspecified atom stereocenters. The van der Waals surface area contributed by atoms with Gasteiger partial charge in [0.15, 0.2) is 5.65 Å². The summed E-state index contributed by atoms with van der Waals surface area (Å²) < 4.78 is 2.98. The third-order valence-corrected chi connectivity index (χ3v) is 3.41. The van der Waals surface area contributed by atoms with E-state index >= 15 is 0 Å². The minimum Gasteiger partial charge on any atom is -0.364 e. The number of aromatic amines is 1. The van der Waals surface area contributed by atoms with E-state index in [0.29, 0.717) is 29.0 Å². The van der Waals surface area contributed by atoms with Crippen LogP contribution in [0, 0.1) is 6.92 Å². The second-order valence-corrected chi connectivity index (χ2v) is 4.68. The quantitative estimate of drug-likeness (QED) is 0.715. The van der Waals surface area contributed by atoms with Crippen LogP contribution in [0.1, 0.15) is 28.7 Å². The molecule has 0 bridgehead atoms. The Labute approximate surface area is 119 Å². The normalized spacial score (nSPS) is 11.1. The zero-order chi connectivity index (χ0) is 15.1. The van der Waals surface area contributed by atoms with Gasteiger partial charge in [-0.15, -0.1) is 0 Å². The Bertz CT molecular complexity index is 901. The first-order valence-electron chi connectivity index (χ1n) is 6.46. The SMILES string of the molecule is CCc1c(C)nc2c(-n3cnc(C(N)=O)c3)c[nH]n2c1=O. The number of fused-ring (bicyclic) bond motifs is 1. The minimum atomic E-state index is -0.608. The van der Waals surface area contributed by atoms with Crippen molar-refractivity contribution in [3.05, 3.63) is 46.0 Å². The molecule has 0 saturated carbocycles. The van der Waals surface area contributed by atoms with Gasteiger partial charge < -0.3 is 10.3 Å². The standard InChI is InChI=1S/C13H14N6O2/c1-3-8-7(2)17-12-10(4-16-19(12)13(8)21)18-5-9(11(14)20)15-6-18/h4-6,16H,3H2,1-2H3,(H2,14,20). The molecule has 0 fully saturated rings. The van der Waals surface area contributed by atoms with E-state index in [0.717, 1.165) is 0 Å². The van der Waals surface area contributed by atoms with Crippen molar-refractivity contribution in [1.29, 1.82) is 0 Å². The fourth-order valence-electron chi connectivity index (χ4n) is 2.32. The summed E-state index contributed by atoms with van der Waals surface area (Å²) in [6.45, 7) is 3.72. The first-order chi connectivity index (χ1) is 10.0. The maximum absolute atomic E-state index is 12.3. The predicted molar refractivity (Wildman–Crippen MR) is 75.6 cm³/mol. The number of nitrogens with zero attached hydrogens (tertiary/aromatic N) is 4. The van der Waals surface area contributed by atoms with Gasteiger partial charge in [-0.3, -0.25) is 14.7 Å². The number of imidazole rings is 1. The first kappa shape index (κ1) is 13.1. The third kappa shape index (κ3) is 1.92. The van der Waals surface area contributed by atoms with Gasteiger partial charge in [0, 0.05) is 23.7 Å². The number of nitrogens with one attached hydrogen (secondary N) is 1. The molecule has 0 spiro atoms. The second kappa shape index (κ2) is 4.58. The van der Waals surface area contributed by atoms with Crippen molar-refractivity contribution in [3.8, 4) is 5.69 Å². The Morgan fingerprint density at radius 1 is 1.48 bits per heavy atom. The molecule has 3 N–H and O–H groups in total. The van der Waals surface area contributed by atoms with Gasteiger partial charge in [0.1, 0.15) is 17.7 Å². The van der Waals surface area contributed by atoms with Crippen LogP contribution in [0.25, 0.3) is 11.3 Å². The number of H-pyrrole nitrogens is 1. The molecule has 0 aliphatic rings. The largest absolute Gasteiger partial charge is 0.364 e. The molecule has 3 heterocycles. The molecule has 1 amide bonds. The summed E-state index contributed by atoms with van der Waals surface area (Å²) >= 11 is 0. The molecule has 0 atom stereocenters. The van der Waals surface area contributed by atoms with Crippen molar-refractivity contribution in [1.82, 2.24) is 24.1 Å². The molecule has 3 aromatic heterocycles. The Hall–Kier alpha value is -2.90. The lowest BCUT2D eigenvalue weighted by Crippen LogP contribution is -2.21. The van der Waals surface area contributed by atoms with Crippen LogP contribution in [0.2, 0.25) is 0 Å². The van der Waals surface area contributed by atoms with E-state index in [1.165, 1.54) is 17.0 Å². The van der Waals surface area contributed by atoms with Crippen LogP contribution in [0.3, 0.4) is 0 Å². The smallest absolute Gasteiger partial charge is 0.276 e. The van der Waals surface area contributed by atoms with E-state index in [2.05, 4.69) is 15.1 Å². The first-order valence-corrected chi connectivity index (χ1v) is 6.46. The van der Waals surface area contributed by atoms with Crippen molar-refractivity contribution in [2.75, 3.05) is 0 Å². The van der Waals surface area contributed by atoms with Crippen molar-refractivity contribution in [2.24, 2.45) is 5.73 Å². The lowest BCUT2D eigenvalue weighted by atomic mass is 10.2. The lowest BCUT2D eigenvalue weighted by molar-refractivity contribution is 0.0996. The highest BCUT2D eigenvalue weighted by atomic mass is 16.1. The number of carbonyl (C=O) groups excluding carboxylic acids is 1.